The topological polar surface area (TPSA) is 56.8 Å². The van der Waals surface area contributed by atoms with Crippen molar-refractivity contribution >= 4 is 13.2 Å². The monoisotopic (exact) mass is 271 g/mol. The molecule has 1 rings (SSSR count). The van der Waals surface area contributed by atoms with Crippen LogP contribution in [0.3, 0.4) is 0 Å². The van der Waals surface area contributed by atoms with E-state index >= 15 is 0 Å². The largest absolute Gasteiger partial charge is 0.481 e. The normalized spacial score (nSPS) is 23.1. The highest BCUT2D eigenvalue weighted by Gasteiger charge is 2.53. The molecule has 1 fully saturated rings. The van der Waals surface area contributed by atoms with Gasteiger partial charge in [-0.1, -0.05) is 0 Å². The molecule has 0 unspecified atom stereocenters. The number of hydrogen-bond donors (Lipinski definition) is 1. The maximum absolute atomic E-state index is 11.7. The van der Waals surface area contributed by atoms with Gasteiger partial charge in [-0.25, -0.2) is 4.79 Å². The van der Waals surface area contributed by atoms with Crippen LogP contribution in [0.4, 0.5) is 4.79 Å². The van der Waals surface area contributed by atoms with Crippen LogP contribution in [0.25, 0.3) is 0 Å². The summed E-state index contributed by atoms with van der Waals surface area (Å²) in [4.78, 5) is 11.7. The summed E-state index contributed by atoms with van der Waals surface area (Å²) in [5.74, 6) is -0.282. The number of amides is 1. The highest BCUT2D eigenvalue weighted by atomic mass is 16.7. The first kappa shape index (κ1) is 16.3. The van der Waals surface area contributed by atoms with Crippen molar-refractivity contribution in [1.29, 1.82) is 0 Å². The number of carbonyl (C=O) groups is 1. The lowest BCUT2D eigenvalue weighted by Crippen LogP contribution is -2.47. The zero-order valence-corrected chi connectivity index (χ0v) is 13.3. The van der Waals surface area contributed by atoms with E-state index in [1.54, 1.807) is 0 Å². The molecule has 0 aromatic heterocycles. The van der Waals surface area contributed by atoms with Crippen LogP contribution >= 0.6 is 0 Å². The average Bonchev–Trinajstić information content (AvgIpc) is 2.32. The summed E-state index contributed by atoms with van der Waals surface area (Å²) in [6.45, 7) is 15.2. The Morgan fingerprint density at radius 2 is 1.58 bits per heavy atom. The summed E-state index contributed by atoms with van der Waals surface area (Å²) < 4.78 is 16.9. The quantitative estimate of drug-likeness (QED) is 0.784. The van der Waals surface area contributed by atoms with Gasteiger partial charge in [-0.2, -0.15) is 0 Å². The van der Waals surface area contributed by atoms with E-state index in [0.717, 1.165) is 0 Å². The highest BCUT2D eigenvalue weighted by molar-refractivity contribution is 6.47. The van der Waals surface area contributed by atoms with Crippen LogP contribution in [-0.4, -0.2) is 36.0 Å². The molecule has 1 atom stereocenters. The summed E-state index contributed by atoms with van der Waals surface area (Å²) in [6, 6.07) is 0. The molecular formula is C13H26BNO4. The van der Waals surface area contributed by atoms with Crippen molar-refractivity contribution in [2.24, 2.45) is 0 Å². The van der Waals surface area contributed by atoms with Gasteiger partial charge in [-0.3, -0.25) is 0 Å². The van der Waals surface area contributed by atoms with Crippen LogP contribution in [0.2, 0.25) is 0 Å². The maximum atomic E-state index is 11.7. The molecule has 1 heterocycles. The van der Waals surface area contributed by atoms with Crippen molar-refractivity contribution in [3.8, 4) is 0 Å². The van der Waals surface area contributed by atoms with E-state index in [1.807, 2.05) is 55.4 Å². The summed E-state index contributed by atoms with van der Waals surface area (Å²) in [6.07, 6.45) is -0.463. The van der Waals surface area contributed by atoms with E-state index in [-0.39, 0.29) is 5.94 Å². The maximum Gasteiger partial charge on any atom is 0.481 e. The Balaban J connectivity index is 2.57. The fourth-order valence-electron chi connectivity index (χ4n) is 1.65. The summed E-state index contributed by atoms with van der Waals surface area (Å²) in [5, 5.41) is 2.74. The van der Waals surface area contributed by atoms with Gasteiger partial charge >= 0.3 is 13.2 Å². The highest BCUT2D eigenvalue weighted by Crippen LogP contribution is 2.37. The third-order valence-electron chi connectivity index (χ3n) is 3.42. The van der Waals surface area contributed by atoms with E-state index < -0.39 is 30.0 Å². The van der Waals surface area contributed by atoms with E-state index in [9.17, 15) is 4.79 Å². The minimum atomic E-state index is -0.514. The van der Waals surface area contributed by atoms with Gasteiger partial charge in [0.1, 0.15) is 5.60 Å². The van der Waals surface area contributed by atoms with Gasteiger partial charge in [-0.15, -0.1) is 0 Å². The van der Waals surface area contributed by atoms with Crippen molar-refractivity contribution in [3.63, 3.8) is 0 Å². The molecular weight excluding hydrogens is 245 g/mol. The molecule has 1 N–H and O–H groups in total. The van der Waals surface area contributed by atoms with Crippen molar-refractivity contribution in [2.75, 3.05) is 0 Å². The SMILES string of the molecule is C[C@H](NC(=O)OC(C)(C)C)B1OC(C)(C)C(C)(C)O1. The summed E-state index contributed by atoms with van der Waals surface area (Å²) in [7, 11) is -0.475. The molecule has 6 heteroatoms. The van der Waals surface area contributed by atoms with E-state index in [4.69, 9.17) is 14.0 Å². The third kappa shape index (κ3) is 4.11. The van der Waals surface area contributed by atoms with Crippen LogP contribution < -0.4 is 5.32 Å². The minimum Gasteiger partial charge on any atom is -0.444 e. The Morgan fingerprint density at radius 1 is 1.16 bits per heavy atom. The van der Waals surface area contributed by atoms with Crippen LogP contribution in [0, 0.1) is 0 Å². The Hall–Kier alpha value is -0.745. The van der Waals surface area contributed by atoms with E-state index in [2.05, 4.69) is 5.32 Å². The second-order valence-electron chi connectivity index (χ2n) is 7.06. The lowest BCUT2D eigenvalue weighted by atomic mass is 9.80. The lowest BCUT2D eigenvalue weighted by Gasteiger charge is -2.32. The number of alkyl carbamates (subject to hydrolysis) is 1. The third-order valence-corrected chi connectivity index (χ3v) is 3.42. The fourth-order valence-corrected chi connectivity index (χ4v) is 1.65. The molecule has 0 bridgehead atoms. The molecule has 5 nitrogen and oxygen atoms in total. The smallest absolute Gasteiger partial charge is 0.444 e. The van der Waals surface area contributed by atoms with Gasteiger partial charge in [0.25, 0.3) is 0 Å². The number of ether oxygens (including phenoxy) is 1. The molecule has 0 spiro atoms. The van der Waals surface area contributed by atoms with Crippen molar-refractivity contribution in [1.82, 2.24) is 5.32 Å². The zero-order valence-electron chi connectivity index (χ0n) is 13.3. The van der Waals surface area contributed by atoms with Crippen molar-refractivity contribution in [2.45, 2.75) is 78.1 Å². The Bertz CT molecular complexity index is 333. The van der Waals surface area contributed by atoms with Gasteiger partial charge in [-0.05, 0) is 55.4 Å². The average molecular weight is 271 g/mol. The fraction of sp³-hybridized carbons (Fsp3) is 0.923. The molecule has 0 aromatic carbocycles. The molecule has 1 amide bonds. The first-order valence-electron chi connectivity index (χ1n) is 6.69. The Labute approximate surface area is 116 Å². The molecule has 0 aliphatic carbocycles. The van der Waals surface area contributed by atoms with Gasteiger partial charge in [0.15, 0.2) is 0 Å². The summed E-state index contributed by atoms with van der Waals surface area (Å²) >= 11 is 0. The predicted octanol–water partition coefficient (Wildman–Crippen LogP) is 2.53. The van der Waals surface area contributed by atoms with Crippen molar-refractivity contribution < 1.29 is 18.8 Å². The summed E-state index contributed by atoms with van der Waals surface area (Å²) in [5.41, 5.74) is -1.32. The second kappa shape index (κ2) is 4.98. The molecule has 19 heavy (non-hydrogen) atoms. The molecule has 1 aliphatic heterocycles. The molecule has 1 aliphatic rings. The first-order chi connectivity index (χ1) is 8.34. The van der Waals surface area contributed by atoms with Gasteiger partial charge in [0, 0.05) is 0 Å². The number of rotatable bonds is 2. The van der Waals surface area contributed by atoms with Crippen LogP contribution in [0.5, 0.6) is 0 Å². The Morgan fingerprint density at radius 3 is 1.95 bits per heavy atom. The van der Waals surface area contributed by atoms with Crippen molar-refractivity contribution in [3.05, 3.63) is 0 Å². The molecule has 0 aromatic rings. The van der Waals surface area contributed by atoms with Crippen LogP contribution in [-0.2, 0) is 14.0 Å². The standard InChI is InChI=1S/C13H26BNO4/c1-9(15-10(16)17-11(2,3)4)14-18-12(5,6)13(7,8)19-14/h9H,1-8H3,(H,15,16)/t9-/m0/s1. The van der Waals surface area contributed by atoms with E-state index in [1.165, 1.54) is 0 Å². The van der Waals surface area contributed by atoms with E-state index in [0.29, 0.717) is 0 Å². The molecule has 110 valence electrons. The first-order valence-corrected chi connectivity index (χ1v) is 6.69. The molecule has 0 radical (unpaired) electrons. The number of hydrogen-bond acceptors (Lipinski definition) is 4. The molecule has 0 saturated carbocycles. The lowest BCUT2D eigenvalue weighted by molar-refractivity contribution is 0.00578. The zero-order chi connectivity index (χ0) is 15.1. The molecule has 1 saturated heterocycles. The van der Waals surface area contributed by atoms with Gasteiger partial charge in [0.2, 0.25) is 0 Å². The number of carbonyl (C=O) groups excluding carboxylic acids is 1. The van der Waals surface area contributed by atoms with Gasteiger partial charge in [0.05, 0.1) is 17.1 Å². The number of nitrogens with one attached hydrogen (secondary N) is 1. The van der Waals surface area contributed by atoms with Gasteiger partial charge < -0.3 is 19.4 Å². The minimum absolute atomic E-state index is 0.282. The van der Waals surface area contributed by atoms with Crippen LogP contribution in [0.1, 0.15) is 55.4 Å². The van der Waals surface area contributed by atoms with Crippen LogP contribution in [0.15, 0.2) is 0 Å². The second-order valence-corrected chi connectivity index (χ2v) is 7.06. The predicted molar refractivity (Wildman–Crippen MR) is 74.9 cm³/mol. The Kier molecular flexibility index (Phi) is 4.28.